The summed E-state index contributed by atoms with van der Waals surface area (Å²) in [6, 6.07) is 9.10. The number of halogens is 4. The third kappa shape index (κ3) is 6.70. The van der Waals surface area contributed by atoms with Gasteiger partial charge in [0.15, 0.2) is 6.61 Å². The Labute approximate surface area is 156 Å². The molecular formula is C17H13ClF3NO5. The number of hydrogen-bond donors (Lipinski definition) is 2. The molecule has 2 rings (SSSR count). The van der Waals surface area contributed by atoms with E-state index >= 15 is 0 Å². The van der Waals surface area contributed by atoms with Crippen LogP contribution in [0.1, 0.15) is 15.9 Å². The normalized spacial score (nSPS) is 11.0. The summed E-state index contributed by atoms with van der Waals surface area (Å²) in [5.41, 5.74) is 0.595. The molecule has 2 aromatic rings. The molecule has 6 nitrogen and oxygen atoms in total. The first-order valence-electron chi connectivity index (χ1n) is 7.41. The highest BCUT2D eigenvalue weighted by atomic mass is 35.5. The summed E-state index contributed by atoms with van der Waals surface area (Å²) in [4.78, 5) is 22.9. The van der Waals surface area contributed by atoms with Gasteiger partial charge in [0.1, 0.15) is 11.5 Å². The van der Waals surface area contributed by atoms with Crippen molar-refractivity contribution in [3.63, 3.8) is 0 Å². The molecule has 0 heterocycles. The Bertz CT molecular complexity index is 824. The summed E-state index contributed by atoms with van der Waals surface area (Å²) in [7, 11) is 0. The van der Waals surface area contributed by atoms with E-state index < -0.39 is 24.8 Å². The molecule has 0 radical (unpaired) electrons. The molecule has 0 fully saturated rings. The van der Waals surface area contributed by atoms with Crippen LogP contribution in [0.4, 0.5) is 13.2 Å². The van der Waals surface area contributed by atoms with Crippen LogP contribution >= 0.6 is 11.6 Å². The topological polar surface area (TPSA) is 84.9 Å². The van der Waals surface area contributed by atoms with E-state index in [4.69, 9.17) is 21.4 Å². The van der Waals surface area contributed by atoms with Gasteiger partial charge < -0.3 is 19.9 Å². The van der Waals surface area contributed by atoms with Crippen LogP contribution in [0.15, 0.2) is 42.5 Å². The maximum atomic E-state index is 12.3. The number of carboxylic acids is 1. The largest absolute Gasteiger partial charge is 0.573 e. The molecule has 1 amide bonds. The molecule has 0 saturated carbocycles. The van der Waals surface area contributed by atoms with Crippen LogP contribution in [0.3, 0.4) is 0 Å². The number of rotatable bonds is 7. The SMILES string of the molecule is O=C(O)COc1cc(Cl)ccc1C(=O)NCc1ccc(OC(F)(F)F)cc1. The second-order valence-corrected chi connectivity index (χ2v) is 5.63. The maximum absolute atomic E-state index is 12.3. The fourth-order valence-corrected chi connectivity index (χ4v) is 2.19. The van der Waals surface area contributed by atoms with Gasteiger partial charge >= 0.3 is 12.3 Å². The van der Waals surface area contributed by atoms with Crippen LogP contribution in [0.2, 0.25) is 5.02 Å². The molecule has 0 bridgehead atoms. The molecule has 0 aliphatic heterocycles. The lowest BCUT2D eigenvalue weighted by Gasteiger charge is -2.12. The Kier molecular flexibility index (Phi) is 6.51. The zero-order valence-electron chi connectivity index (χ0n) is 13.5. The maximum Gasteiger partial charge on any atom is 0.573 e. The number of carbonyl (C=O) groups excluding carboxylic acids is 1. The summed E-state index contributed by atoms with van der Waals surface area (Å²) in [5, 5.41) is 11.5. The van der Waals surface area contributed by atoms with Crippen LogP contribution < -0.4 is 14.8 Å². The van der Waals surface area contributed by atoms with E-state index in [0.717, 1.165) is 12.1 Å². The Balaban J connectivity index is 2.02. The van der Waals surface area contributed by atoms with Crippen molar-refractivity contribution in [2.75, 3.05) is 6.61 Å². The van der Waals surface area contributed by atoms with E-state index in [1.165, 1.54) is 30.3 Å². The van der Waals surface area contributed by atoms with Crippen molar-refractivity contribution in [2.24, 2.45) is 0 Å². The third-order valence-electron chi connectivity index (χ3n) is 3.15. The first-order valence-corrected chi connectivity index (χ1v) is 7.79. The lowest BCUT2D eigenvalue weighted by molar-refractivity contribution is -0.274. The molecule has 0 saturated heterocycles. The summed E-state index contributed by atoms with van der Waals surface area (Å²) in [6.45, 7) is -0.632. The molecule has 0 atom stereocenters. The van der Waals surface area contributed by atoms with Crippen molar-refractivity contribution in [2.45, 2.75) is 12.9 Å². The molecule has 10 heteroatoms. The quantitative estimate of drug-likeness (QED) is 0.737. The molecular weight excluding hydrogens is 391 g/mol. The van der Waals surface area contributed by atoms with Gasteiger partial charge in [-0.25, -0.2) is 4.79 Å². The molecule has 0 unspecified atom stereocenters. The lowest BCUT2D eigenvalue weighted by Crippen LogP contribution is -2.24. The smallest absolute Gasteiger partial charge is 0.481 e. The standard InChI is InChI=1S/C17H13ClF3NO5/c18-11-3-6-13(14(7-11)26-9-15(23)24)16(25)22-8-10-1-4-12(5-2-10)27-17(19,20)21/h1-7H,8-9H2,(H,22,25)(H,23,24). The van der Waals surface area contributed by atoms with Gasteiger partial charge in [-0.15, -0.1) is 13.2 Å². The number of hydrogen-bond acceptors (Lipinski definition) is 4. The van der Waals surface area contributed by atoms with Crippen molar-refractivity contribution in [1.29, 1.82) is 0 Å². The molecule has 0 aromatic heterocycles. The van der Waals surface area contributed by atoms with Gasteiger partial charge in [0.05, 0.1) is 5.56 Å². The summed E-state index contributed by atoms with van der Waals surface area (Å²) < 4.78 is 45.2. The number of nitrogens with one attached hydrogen (secondary N) is 1. The average molecular weight is 404 g/mol. The highest BCUT2D eigenvalue weighted by molar-refractivity contribution is 6.30. The first kappa shape index (κ1) is 20.4. The summed E-state index contributed by atoms with van der Waals surface area (Å²) in [5.74, 6) is -2.17. The van der Waals surface area contributed by atoms with Crippen molar-refractivity contribution in [3.8, 4) is 11.5 Å². The molecule has 2 N–H and O–H groups in total. The Morgan fingerprint density at radius 2 is 1.78 bits per heavy atom. The number of benzene rings is 2. The van der Waals surface area contributed by atoms with Gasteiger partial charge in [-0.1, -0.05) is 23.7 Å². The van der Waals surface area contributed by atoms with E-state index in [1.54, 1.807) is 0 Å². The van der Waals surface area contributed by atoms with Gasteiger partial charge in [-0.3, -0.25) is 4.79 Å². The van der Waals surface area contributed by atoms with Gasteiger partial charge in [0, 0.05) is 11.6 Å². The van der Waals surface area contributed by atoms with Gasteiger partial charge in [-0.05, 0) is 35.9 Å². The molecule has 144 valence electrons. The van der Waals surface area contributed by atoms with Gasteiger partial charge in [-0.2, -0.15) is 0 Å². The van der Waals surface area contributed by atoms with Crippen molar-refractivity contribution in [3.05, 3.63) is 58.6 Å². The van der Waals surface area contributed by atoms with Crippen molar-refractivity contribution < 1.29 is 37.3 Å². The number of carboxylic acid groups (broad SMARTS) is 1. The number of carbonyl (C=O) groups is 2. The number of aliphatic carboxylic acids is 1. The van der Waals surface area contributed by atoms with E-state index in [2.05, 4.69) is 10.1 Å². The Hall–Kier alpha value is -2.94. The van der Waals surface area contributed by atoms with Crippen LogP contribution in [-0.4, -0.2) is 30.0 Å². The monoisotopic (exact) mass is 403 g/mol. The van der Waals surface area contributed by atoms with Crippen LogP contribution in [0.5, 0.6) is 11.5 Å². The summed E-state index contributed by atoms with van der Waals surface area (Å²) >= 11 is 5.82. The van der Waals surface area contributed by atoms with Crippen molar-refractivity contribution >= 4 is 23.5 Å². The van der Waals surface area contributed by atoms with Crippen LogP contribution in [0, 0.1) is 0 Å². The zero-order valence-corrected chi connectivity index (χ0v) is 14.3. The predicted octanol–water partition coefficient (Wildman–Crippen LogP) is 3.63. The first-order chi connectivity index (χ1) is 12.6. The highest BCUT2D eigenvalue weighted by Gasteiger charge is 2.30. The van der Waals surface area contributed by atoms with Gasteiger partial charge in [0.25, 0.3) is 5.91 Å². The third-order valence-corrected chi connectivity index (χ3v) is 3.38. The van der Waals surface area contributed by atoms with E-state index in [9.17, 15) is 22.8 Å². The minimum Gasteiger partial charge on any atom is -0.481 e. The molecule has 0 spiro atoms. The minimum atomic E-state index is -4.78. The fourth-order valence-electron chi connectivity index (χ4n) is 2.03. The highest BCUT2D eigenvalue weighted by Crippen LogP contribution is 2.24. The second-order valence-electron chi connectivity index (χ2n) is 5.20. The van der Waals surface area contributed by atoms with Gasteiger partial charge in [0.2, 0.25) is 0 Å². The molecule has 0 aliphatic carbocycles. The minimum absolute atomic E-state index is 0.00340. The Morgan fingerprint density at radius 1 is 1.11 bits per heavy atom. The van der Waals surface area contributed by atoms with E-state index in [0.29, 0.717) is 5.56 Å². The molecule has 27 heavy (non-hydrogen) atoms. The number of ether oxygens (including phenoxy) is 2. The van der Waals surface area contributed by atoms with E-state index in [-0.39, 0.29) is 28.6 Å². The zero-order chi connectivity index (χ0) is 20.0. The molecule has 0 aliphatic rings. The average Bonchev–Trinajstić information content (AvgIpc) is 2.58. The van der Waals surface area contributed by atoms with Crippen LogP contribution in [0.25, 0.3) is 0 Å². The van der Waals surface area contributed by atoms with E-state index in [1.807, 2.05) is 0 Å². The summed E-state index contributed by atoms with van der Waals surface area (Å²) in [6.07, 6.45) is -4.78. The predicted molar refractivity (Wildman–Crippen MR) is 88.9 cm³/mol. The number of amides is 1. The lowest BCUT2D eigenvalue weighted by atomic mass is 10.1. The van der Waals surface area contributed by atoms with Crippen LogP contribution in [-0.2, 0) is 11.3 Å². The fraction of sp³-hybridized carbons (Fsp3) is 0.176. The molecule has 2 aromatic carbocycles. The number of alkyl halides is 3. The van der Waals surface area contributed by atoms with Crippen molar-refractivity contribution in [1.82, 2.24) is 5.32 Å². The second kappa shape index (κ2) is 8.63. The Morgan fingerprint density at radius 3 is 2.37 bits per heavy atom.